The van der Waals surface area contributed by atoms with Crippen LogP contribution in [0.4, 0.5) is 5.69 Å². The van der Waals surface area contributed by atoms with Crippen molar-refractivity contribution in [1.29, 1.82) is 5.26 Å². The second kappa shape index (κ2) is 6.84. The fourth-order valence-electron chi connectivity index (χ4n) is 3.86. The number of nitrogens with zero attached hydrogens (tertiary/aromatic N) is 3. The van der Waals surface area contributed by atoms with Crippen LogP contribution in [0.5, 0.6) is 0 Å². The maximum atomic E-state index is 11.8. The predicted molar refractivity (Wildman–Crippen MR) is 108 cm³/mol. The number of methoxy groups -OCH3 is 1. The number of nitrogen functional groups attached to an aromatic ring is 1. The zero-order valence-corrected chi connectivity index (χ0v) is 16.3. The summed E-state index contributed by atoms with van der Waals surface area (Å²) in [5.74, 6) is -0.244. The van der Waals surface area contributed by atoms with Gasteiger partial charge < -0.3 is 15.0 Å². The third-order valence-corrected chi connectivity index (χ3v) is 5.96. The quantitative estimate of drug-likeness (QED) is 0.670. The normalized spacial score (nSPS) is 18.5. The van der Waals surface area contributed by atoms with E-state index in [1.54, 1.807) is 6.20 Å². The Balaban J connectivity index is 1.88. The van der Waals surface area contributed by atoms with Crippen LogP contribution in [0.15, 0.2) is 30.7 Å². The minimum absolute atomic E-state index is 0.0759. The standard InChI is InChI=1S/C21H19ClN4O2/c1-11-3-19-15(6-13(11)7-23)17(16-8-25-9-18(24)20(16)22)10-26(19)14-4-12(5-14)21(27)28-2/h3,6,8-10,12,14H,4-5,24H2,1-2H3. The smallest absolute Gasteiger partial charge is 0.308 e. The largest absolute Gasteiger partial charge is 0.469 e. The zero-order valence-electron chi connectivity index (χ0n) is 15.6. The summed E-state index contributed by atoms with van der Waals surface area (Å²) in [5, 5.41) is 10.8. The van der Waals surface area contributed by atoms with Crippen molar-refractivity contribution in [3.63, 3.8) is 0 Å². The van der Waals surface area contributed by atoms with Gasteiger partial charge in [0, 0.05) is 40.5 Å². The summed E-state index contributed by atoms with van der Waals surface area (Å²) in [6.07, 6.45) is 6.66. The number of ether oxygens (including phenoxy) is 1. The van der Waals surface area contributed by atoms with Crippen LogP contribution in [0.3, 0.4) is 0 Å². The van der Waals surface area contributed by atoms with Gasteiger partial charge >= 0.3 is 5.97 Å². The molecule has 7 heteroatoms. The van der Waals surface area contributed by atoms with E-state index < -0.39 is 0 Å². The van der Waals surface area contributed by atoms with Crippen molar-refractivity contribution in [2.24, 2.45) is 5.92 Å². The first-order valence-corrected chi connectivity index (χ1v) is 9.34. The highest BCUT2D eigenvalue weighted by atomic mass is 35.5. The number of benzene rings is 1. The first-order valence-electron chi connectivity index (χ1n) is 8.97. The Bertz CT molecular complexity index is 1140. The van der Waals surface area contributed by atoms with Gasteiger partial charge in [0.2, 0.25) is 0 Å². The van der Waals surface area contributed by atoms with Crippen LogP contribution in [-0.4, -0.2) is 22.6 Å². The molecule has 3 aromatic rings. The number of carbonyl (C=O) groups excluding carboxylic acids is 1. The molecular formula is C21H19ClN4O2. The molecule has 0 unspecified atom stereocenters. The van der Waals surface area contributed by atoms with E-state index in [1.165, 1.54) is 13.3 Å². The minimum Gasteiger partial charge on any atom is -0.469 e. The lowest BCUT2D eigenvalue weighted by Gasteiger charge is -2.35. The molecule has 0 atom stereocenters. The number of halogens is 1. The highest BCUT2D eigenvalue weighted by Gasteiger charge is 2.37. The number of carbonyl (C=O) groups is 1. The summed E-state index contributed by atoms with van der Waals surface area (Å²) in [5.41, 5.74) is 10.5. The summed E-state index contributed by atoms with van der Waals surface area (Å²) in [4.78, 5) is 16.0. The number of esters is 1. The van der Waals surface area contributed by atoms with Crippen molar-refractivity contribution in [1.82, 2.24) is 9.55 Å². The van der Waals surface area contributed by atoms with Crippen LogP contribution in [0.1, 0.15) is 30.0 Å². The molecule has 142 valence electrons. The van der Waals surface area contributed by atoms with Gasteiger partial charge in [0.05, 0.1) is 41.6 Å². The van der Waals surface area contributed by atoms with Crippen LogP contribution in [0.2, 0.25) is 5.02 Å². The number of fused-ring (bicyclic) bond motifs is 1. The SMILES string of the molecule is COC(=O)C1CC(n2cc(-c3cncc(N)c3Cl)c3cc(C#N)c(C)cc32)C1. The molecule has 1 aliphatic rings. The maximum absolute atomic E-state index is 11.8. The van der Waals surface area contributed by atoms with E-state index in [9.17, 15) is 10.1 Å². The fraction of sp³-hybridized carbons (Fsp3) is 0.286. The predicted octanol–water partition coefficient (Wildman–Crippen LogP) is 4.24. The molecule has 4 rings (SSSR count). The molecule has 0 amide bonds. The van der Waals surface area contributed by atoms with Gasteiger partial charge in [-0.1, -0.05) is 11.6 Å². The summed E-state index contributed by atoms with van der Waals surface area (Å²) in [6, 6.07) is 6.32. The second-order valence-corrected chi connectivity index (χ2v) is 7.56. The third-order valence-electron chi connectivity index (χ3n) is 5.54. The molecule has 0 spiro atoms. The Morgan fingerprint density at radius 1 is 1.36 bits per heavy atom. The van der Waals surface area contributed by atoms with E-state index in [0.29, 0.717) is 16.3 Å². The molecule has 0 bridgehead atoms. The van der Waals surface area contributed by atoms with Crippen molar-refractivity contribution in [3.05, 3.63) is 46.9 Å². The molecule has 1 aromatic carbocycles. The highest BCUT2D eigenvalue weighted by molar-refractivity contribution is 6.36. The van der Waals surface area contributed by atoms with Crippen LogP contribution in [-0.2, 0) is 9.53 Å². The lowest BCUT2D eigenvalue weighted by Crippen LogP contribution is -2.32. The molecule has 2 aromatic heterocycles. The maximum Gasteiger partial charge on any atom is 0.308 e. The topological polar surface area (TPSA) is 93.9 Å². The van der Waals surface area contributed by atoms with Crippen LogP contribution >= 0.6 is 11.6 Å². The van der Waals surface area contributed by atoms with Gasteiger partial charge in [-0.05, 0) is 37.5 Å². The van der Waals surface area contributed by atoms with Crippen LogP contribution in [0.25, 0.3) is 22.0 Å². The molecule has 1 saturated carbocycles. The average Bonchev–Trinajstić information content (AvgIpc) is 2.99. The van der Waals surface area contributed by atoms with E-state index in [4.69, 9.17) is 22.1 Å². The number of rotatable bonds is 3. The first kappa shape index (κ1) is 18.3. The molecule has 0 saturated heterocycles. The van der Waals surface area contributed by atoms with Gasteiger partial charge in [-0.25, -0.2) is 0 Å². The number of nitriles is 1. The number of aryl methyl sites for hydroxylation is 1. The summed E-state index contributed by atoms with van der Waals surface area (Å²) in [7, 11) is 1.42. The van der Waals surface area contributed by atoms with Crippen molar-refractivity contribution >= 4 is 34.2 Å². The average molecular weight is 395 g/mol. The van der Waals surface area contributed by atoms with E-state index >= 15 is 0 Å². The van der Waals surface area contributed by atoms with Crippen molar-refractivity contribution < 1.29 is 9.53 Å². The number of aromatic nitrogens is 2. The molecular weight excluding hydrogens is 376 g/mol. The molecule has 2 N–H and O–H groups in total. The third kappa shape index (κ3) is 2.79. The van der Waals surface area contributed by atoms with Gasteiger partial charge in [-0.3, -0.25) is 9.78 Å². The Morgan fingerprint density at radius 2 is 2.11 bits per heavy atom. The Morgan fingerprint density at radius 3 is 2.79 bits per heavy atom. The Labute approximate surface area is 167 Å². The Kier molecular flexibility index (Phi) is 4.48. The van der Waals surface area contributed by atoms with Gasteiger partial charge in [0.25, 0.3) is 0 Å². The monoisotopic (exact) mass is 394 g/mol. The molecule has 0 radical (unpaired) electrons. The van der Waals surface area contributed by atoms with Gasteiger partial charge in [0.15, 0.2) is 0 Å². The number of hydrogen-bond donors (Lipinski definition) is 1. The number of hydrogen-bond acceptors (Lipinski definition) is 5. The number of anilines is 1. The second-order valence-electron chi connectivity index (χ2n) is 7.18. The summed E-state index contributed by atoms with van der Waals surface area (Å²) in [6.45, 7) is 1.92. The zero-order chi connectivity index (χ0) is 20.0. The van der Waals surface area contributed by atoms with Crippen molar-refractivity contribution in [2.45, 2.75) is 25.8 Å². The van der Waals surface area contributed by atoms with Gasteiger partial charge in [0.1, 0.15) is 0 Å². The van der Waals surface area contributed by atoms with Crippen LogP contribution < -0.4 is 5.73 Å². The number of pyridine rings is 1. The molecule has 0 aliphatic heterocycles. The lowest BCUT2D eigenvalue weighted by molar-refractivity contribution is -0.149. The number of nitrogens with two attached hydrogens (primary N) is 1. The minimum atomic E-state index is -0.168. The van der Waals surface area contributed by atoms with Crippen molar-refractivity contribution in [3.8, 4) is 17.2 Å². The summed E-state index contributed by atoms with van der Waals surface area (Å²) < 4.78 is 7.02. The van der Waals surface area contributed by atoms with Gasteiger partial charge in [-0.2, -0.15) is 5.26 Å². The van der Waals surface area contributed by atoms with Crippen molar-refractivity contribution in [2.75, 3.05) is 12.8 Å². The van der Waals surface area contributed by atoms with Gasteiger partial charge in [-0.15, -0.1) is 0 Å². The fourth-order valence-corrected chi connectivity index (χ4v) is 4.06. The molecule has 28 heavy (non-hydrogen) atoms. The molecule has 1 aliphatic carbocycles. The molecule has 2 heterocycles. The van der Waals surface area contributed by atoms with E-state index in [-0.39, 0.29) is 17.9 Å². The van der Waals surface area contributed by atoms with E-state index in [0.717, 1.165) is 40.4 Å². The lowest BCUT2D eigenvalue weighted by atomic mass is 9.80. The molecule has 6 nitrogen and oxygen atoms in total. The molecule has 1 fully saturated rings. The highest BCUT2D eigenvalue weighted by Crippen LogP contribution is 2.44. The van der Waals surface area contributed by atoms with E-state index in [2.05, 4.69) is 15.6 Å². The Hall–Kier alpha value is -3.04. The van der Waals surface area contributed by atoms with Crippen LogP contribution in [0, 0.1) is 24.2 Å². The summed E-state index contributed by atoms with van der Waals surface area (Å²) >= 11 is 6.45. The first-order chi connectivity index (χ1) is 13.4. The van der Waals surface area contributed by atoms with E-state index in [1.807, 2.05) is 25.3 Å².